The van der Waals surface area contributed by atoms with Gasteiger partial charge in [0.2, 0.25) is 5.89 Å². The standard InChI is InChI=1S/C19H11BF3N5O2S/c20-11-3-4-12(14(9-11)30-19(21,22)23)26-18(31)27-15-8-10(5-7-24-15)17-28-16-13(29-17)2-1-6-25-16/h1-9H,(H2,24,26,27,31). The van der Waals surface area contributed by atoms with Gasteiger partial charge >= 0.3 is 6.36 Å². The van der Waals surface area contributed by atoms with Crippen LogP contribution in [0.2, 0.25) is 0 Å². The number of halogens is 3. The number of hydrogen-bond donors (Lipinski definition) is 2. The summed E-state index contributed by atoms with van der Waals surface area (Å²) in [5, 5.41) is 5.42. The van der Waals surface area contributed by atoms with E-state index in [4.69, 9.17) is 24.5 Å². The lowest BCUT2D eigenvalue weighted by atomic mass is 9.96. The number of fused-ring (bicyclic) bond motifs is 1. The van der Waals surface area contributed by atoms with E-state index >= 15 is 0 Å². The summed E-state index contributed by atoms with van der Waals surface area (Å²) >= 11 is 5.18. The average Bonchev–Trinajstić information content (AvgIpc) is 3.13. The van der Waals surface area contributed by atoms with Gasteiger partial charge in [-0.25, -0.2) is 9.97 Å². The van der Waals surface area contributed by atoms with E-state index in [9.17, 15) is 13.2 Å². The highest BCUT2D eigenvalue weighted by Crippen LogP contribution is 2.29. The Hall–Kier alpha value is -3.67. The molecule has 3 heterocycles. The number of hydrogen-bond acceptors (Lipinski definition) is 6. The van der Waals surface area contributed by atoms with Gasteiger partial charge in [-0.15, -0.1) is 13.2 Å². The van der Waals surface area contributed by atoms with Crippen molar-refractivity contribution < 1.29 is 22.3 Å². The molecule has 3 aromatic heterocycles. The minimum absolute atomic E-state index is 0.0133. The minimum atomic E-state index is -4.89. The topological polar surface area (TPSA) is 85.1 Å². The predicted octanol–water partition coefficient (Wildman–Crippen LogP) is 3.79. The van der Waals surface area contributed by atoms with Gasteiger partial charge in [0.05, 0.1) is 5.69 Å². The van der Waals surface area contributed by atoms with E-state index in [0.29, 0.717) is 28.5 Å². The van der Waals surface area contributed by atoms with Crippen LogP contribution in [0.4, 0.5) is 24.7 Å². The van der Waals surface area contributed by atoms with Crippen molar-refractivity contribution >= 4 is 53.4 Å². The molecule has 0 atom stereocenters. The van der Waals surface area contributed by atoms with E-state index in [2.05, 4.69) is 30.3 Å². The molecular weight excluding hydrogens is 430 g/mol. The fourth-order valence-electron chi connectivity index (χ4n) is 2.65. The van der Waals surface area contributed by atoms with Gasteiger partial charge in [0.15, 0.2) is 22.1 Å². The maximum absolute atomic E-state index is 12.7. The Morgan fingerprint density at radius 1 is 1.06 bits per heavy atom. The zero-order valence-corrected chi connectivity index (χ0v) is 16.3. The Morgan fingerprint density at radius 2 is 1.90 bits per heavy atom. The number of thiocarbonyl (C=S) groups is 1. The van der Waals surface area contributed by atoms with Crippen LogP contribution < -0.4 is 20.8 Å². The van der Waals surface area contributed by atoms with E-state index in [0.717, 1.165) is 6.07 Å². The molecule has 0 saturated carbocycles. The van der Waals surface area contributed by atoms with E-state index < -0.39 is 12.1 Å². The van der Waals surface area contributed by atoms with Crippen LogP contribution in [0.1, 0.15) is 0 Å². The van der Waals surface area contributed by atoms with E-state index in [-0.39, 0.29) is 16.3 Å². The summed E-state index contributed by atoms with van der Waals surface area (Å²) in [7, 11) is 5.55. The average molecular weight is 441 g/mol. The number of ether oxygens (including phenoxy) is 1. The normalized spacial score (nSPS) is 11.3. The Bertz CT molecular complexity index is 1230. The maximum atomic E-state index is 12.7. The number of pyridine rings is 2. The Morgan fingerprint density at radius 3 is 2.68 bits per heavy atom. The first-order chi connectivity index (χ1) is 14.8. The lowest BCUT2D eigenvalue weighted by Crippen LogP contribution is -2.23. The number of alkyl halides is 3. The summed E-state index contributed by atoms with van der Waals surface area (Å²) in [5.74, 6) is 0.133. The lowest BCUT2D eigenvalue weighted by Gasteiger charge is -2.16. The molecule has 0 bridgehead atoms. The van der Waals surface area contributed by atoms with Gasteiger partial charge in [0.1, 0.15) is 13.7 Å². The molecule has 0 aliphatic rings. The zero-order chi connectivity index (χ0) is 22.0. The van der Waals surface area contributed by atoms with Gasteiger partial charge in [-0.1, -0.05) is 11.5 Å². The molecule has 12 heteroatoms. The molecule has 0 fully saturated rings. The first kappa shape index (κ1) is 20.6. The van der Waals surface area contributed by atoms with Crippen LogP contribution in [0.25, 0.3) is 22.7 Å². The summed E-state index contributed by atoms with van der Waals surface area (Å²) in [6, 6.07) is 10.5. The number of benzene rings is 1. The molecule has 0 amide bonds. The van der Waals surface area contributed by atoms with Crippen LogP contribution >= 0.6 is 12.2 Å². The number of nitrogens with one attached hydrogen (secondary N) is 2. The highest BCUT2D eigenvalue weighted by Gasteiger charge is 2.32. The Kier molecular flexibility index (Phi) is 5.47. The van der Waals surface area contributed by atoms with Crippen molar-refractivity contribution in [3.05, 3.63) is 54.9 Å². The van der Waals surface area contributed by atoms with E-state index in [1.54, 1.807) is 30.5 Å². The van der Waals surface area contributed by atoms with Crippen molar-refractivity contribution in [3.63, 3.8) is 0 Å². The molecule has 2 N–H and O–H groups in total. The monoisotopic (exact) mass is 441 g/mol. The second-order valence-corrected chi connectivity index (χ2v) is 6.56. The van der Waals surface area contributed by atoms with Crippen molar-refractivity contribution in [2.75, 3.05) is 10.6 Å². The minimum Gasteiger partial charge on any atom is -0.434 e. The third kappa shape index (κ3) is 5.09. The van der Waals surface area contributed by atoms with Crippen LogP contribution in [-0.4, -0.2) is 34.3 Å². The fraction of sp³-hybridized carbons (Fsp3) is 0.0526. The largest absolute Gasteiger partial charge is 0.573 e. The smallest absolute Gasteiger partial charge is 0.434 e. The lowest BCUT2D eigenvalue weighted by molar-refractivity contribution is -0.274. The van der Waals surface area contributed by atoms with Crippen molar-refractivity contribution in [2.45, 2.75) is 6.36 Å². The van der Waals surface area contributed by atoms with Crippen LogP contribution in [0.5, 0.6) is 5.75 Å². The maximum Gasteiger partial charge on any atom is 0.573 e. The molecule has 7 nitrogen and oxygen atoms in total. The molecule has 0 saturated heterocycles. The summed E-state index contributed by atoms with van der Waals surface area (Å²) in [5.41, 5.74) is 1.67. The quantitative estimate of drug-likeness (QED) is 0.366. The summed E-state index contributed by atoms with van der Waals surface area (Å²) in [6.07, 6.45) is -1.78. The molecule has 0 aliphatic heterocycles. The molecule has 2 radical (unpaired) electrons. The second kappa shape index (κ2) is 8.22. The SMILES string of the molecule is [B]c1ccc(NC(=S)Nc2cc(-c3nc4ncccc4o3)ccn2)c(OC(F)(F)F)c1. The van der Waals surface area contributed by atoms with Crippen molar-refractivity contribution in [2.24, 2.45) is 0 Å². The summed E-state index contributed by atoms with van der Waals surface area (Å²) in [4.78, 5) is 12.6. The second-order valence-electron chi connectivity index (χ2n) is 6.16. The number of aromatic nitrogens is 3. The van der Waals surface area contributed by atoms with Crippen molar-refractivity contribution in [3.8, 4) is 17.2 Å². The molecule has 31 heavy (non-hydrogen) atoms. The van der Waals surface area contributed by atoms with Gasteiger partial charge in [-0.2, -0.15) is 4.98 Å². The van der Waals surface area contributed by atoms with Gasteiger partial charge in [-0.3, -0.25) is 0 Å². The third-order valence-electron chi connectivity index (χ3n) is 3.89. The van der Waals surface area contributed by atoms with Crippen LogP contribution in [-0.2, 0) is 0 Å². The number of rotatable bonds is 4. The molecular formula is C19H11BF3N5O2S. The molecule has 0 aliphatic carbocycles. The zero-order valence-electron chi connectivity index (χ0n) is 15.5. The Labute approximate surface area is 180 Å². The first-order valence-corrected chi connectivity index (χ1v) is 9.09. The van der Waals surface area contributed by atoms with Crippen LogP contribution in [0, 0.1) is 0 Å². The molecule has 0 spiro atoms. The van der Waals surface area contributed by atoms with E-state index in [1.165, 1.54) is 18.3 Å². The molecule has 4 aromatic rings. The van der Waals surface area contributed by atoms with Crippen LogP contribution in [0.15, 0.2) is 59.3 Å². The fourth-order valence-corrected chi connectivity index (χ4v) is 2.86. The van der Waals surface area contributed by atoms with Crippen LogP contribution in [0.3, 0.4) is 0 Å². The number of oxazole rings is 1. The molecule has 1 aromatic carbocycles. The first-order valence-electron chi connectivity index (χ1n) is 8.68. The highest BCUT2D eigenvalue weighted by atomic mass is 32.1. The third-order valence-corrected chi connectivity index (χ3v) is 4.10. The summed E-state index contributed by atoms with van der Waals surface area (Å²) in [6.45, 7) is 0. The van der Waals surface area contributed by atoms with E-state index in [1.807, 2.05) is 0 Å². The summed E-state index contributed by atoms with van der Waals surface area (Å²) < 4.78 is 47.6. The van der Waals surface area contributed by atoms with Gasteiger partial charge in [-0.05, 0) is 48.6 Å². The van der Waals surface area contributed by atoms with Gasteiger partial charge in [0.25, 0.3) is 0 Å². The van der Waals surface area contributed by atoms with Crippen molar-refractivity contribution in [1.82, 2.24) is 15.0 Å². The Balaban J connectivity index is 1.51. The number of anilines is 2. The molecule has 154 valence electrons. The van der Waals surface area contributed by atoms with Crippen molar-refractivity contribution in [1.29, 1.82) is 0 Å². The predicted molar refractivity (Wildman–Crippen MR) is 113 cm³/mol. The van der Waals surface area contributed by atoms with Gasteiger partial charge in [0, 0.05) is 18.0 Å². The molecule has 4 rings (SSSR count). The van der Waals surface area contributed by atoms with Gasteiger partial charge < -0.3 is 19.8 Å². The molecule has 0 unspecified atom stereocenters. The number of nitrogens with zero attached hydrogens (tertiary/aromatic N) is 3. The highest BCUT2D eigenvalue weighted by molar-refractivity contribution is 7.80.